The van der Waals surface area contributed by atoms with Crippen LogP contribution < -0.4 is 5.32 Å². The molecule has 4 aromatic rings. The van der Waals surface area contributed by atoms with Gasteiger partial charge in [0, 0.05) is 45.4 Å². The average molecular weight is 408 g/mol. The van der Waals surface area contributed by atoms with Crippen LogP contribution >= 0.6 is 0 Å². The standard InChI is InChI=1S/C21H24N6O3/c1-22-20-17-18(26(2)12-23-17)15-10-16(24-19(15)25-20)14-6-4-5-13(9-14)11-27(21(28)29)7-8-30-3/h4-6,9-10,12H,7-8,11H2,1-3H3,(H,28,29)(H2,22,24,25). The second kappa shape index (κ2) is 8.03. The van der Waals surface area contributed by atoms with Gasteiger partial charge in [0.05, 0.1) is 18.5 Å². The Kier molecular flexibility index (Phi) is 5.28. The minimum absolute atomic E-state index is 0.293. The first-order valence-corrected chi connectivity index (χ1v) is 9.59. The monoisotopic (exact) mass is 408 g/mol. The number of aryl methyl sites for hydroxylation is 1. The first-order valence-electron chi connectivity index (χ1n) is 9.59. The number of nitrogens with one attached hydrogen (secondary N) is 2. The second-order valence-corrected chi connectivity index (χ2v) is 7.11. The smallest absolute Gasteiger partial charge is 0.407 e. The van der Waals surface area contributed by atoms with Crippen LogP contribution in [0.15, 0.2) is 36.7 Å². The molecule has 3 aromatic heterocycles. The molecule has 3 N–H and O–H groups in total. The number of nitrogens with zero attached hydrogens (tertiary/aromatic N) is 4. The summed E-state index contributed by atoms with van der Waals surface area (Å²) in [5.74, 6) is 0.718. The third kappa shape index (κ3) is 3.55. The molecule has 156 valence electrons. The summed E-state index contributed by atoms with van der Waals surface area (Å²) in [7, 11) is 5.35. The van der Waals surface area contributed by atoms with Crippen molar-refractivity contribution < 1.29 is 14.6 Å². The van der Waals surface area contributed by atoms with Gasteiger partial charge in [-0.3, -0.25) is 0 Å². The number of imidazole rings is 1. The number of aromatic nitrogens is 4. The predicted molar refractivity (Wildman–Crippen MR) is 116 cm³/mol. The highest BCUT2D eigenvalue weighted by Crippen LogP contribution is 2.31. The highest BCUT2D eigenvalue weighted by molar-refractivity contribution is 6.07. The van der Waals surface area contributed by atoms with E-state index >= 15 is 0 Å². The summed E-state index contributed by atoms with van der Waals surface area (Å²) in [6.45, 7) is 0.965. The molecule has 0 radical (unpaired) electrons. The Balaban J connectivity index is 1.72. The van der Waals surface area contributed by atoms with E-state index in [2.05, 4.69) is 26.3 Å². The van der Waals surface area contributed by atoms with Crippen LogP contribution in [0.4, 0.5) is 10.6 Å². The molecule has 0 aliphatic carbocycles. The Morgan fingerprint density at radius 2 is 2.20 bits per heavy atom. The molecular weight excluding hydrogens is 384 g/mol. The van der Waals surface area contributed by atoms with Gasteiger partial charge in [0.2, 0.25) is 0 Å². The number of aromatic amines is 1. The Labute approximate surface area is 173 Å². The number of H-pyrrole nitrogens is 1. The van der Waals surface area contributed by atoms with Crippen molar-refractivity contribution in [2.45, 2.75) is 6.54 Å². The van der Waals surface area contributed by atoms with Crippen molar-refractivity contribution in [1.29, 1.82) is 0 Å². The minimum atomic E-state index is -0.967. The SMILES string of the molecule is CNc1nc2[nH]c(-c3cccc(CN(CCOC)C(=O)O)c3)cc2c2c1ncn2C. The maximum Gasteiger partial charge on any atom is 0.407 e. The lowest BCUT2D eigenvalue weighted by Crippen LogP contribution is -2.32. The molecule has 0 fully saturated rings. The molecule has 9 heteroatoms. The Bertz CT molecular complexity index is 1210. The summed E-state index contributed by atoms with van der Waals surface area (Å²) >= 11 is 0. The van der Waals surface area contributed by atoms with Gasteiger partial charge in [-0.15, -0.1) is 0 Å². The van der Waals surface area contributed by atoms with Crippen LogP contribution in [0.3, 0.4) is 0 Å². The van der Waals surface area contributed by atoms with Gasteiger partial charge in [0.1, 0.15) is 11.2 Å². The van der Waals surface area contributed by atoms with Crippen LogP contribution in [0, 0.1) is 0 Å². The zero-order chi connectivity index (χ0) is 21.3. The number of carboxylic acid groups (broad SMARTS) is 1. The van der Waals surface area contributed by atoms with Crippen molar-refractivity contribution in [1.82, 2.24) is 24.4 Å². The average Bonchev–Trinajstić information content (AvgIpc) is 3.34. The zero-order valence-electron chi connectivity index (χ0n) is 17.1. The van der Waals surface area contributed by atoms with Gasteiger partial charge < -0.3 is 29.6 Å². The summed E-state index contributed by atoms with van der Waals surface area (Å²) in [4.78, 5) is 25.4. The number of methoxy groups -OCH3 is 1. The van der Waals surface area contributed by atoms with Gasteiger partial charge in [-0.05, 0) is 23.3 Å². The maximum absolute atomic E-state index is 11.5. The lowest BCUT2D eigenvalue weighted by Gasteiger charge is -2.19. The number of fused-ring (bicyclic) bond motifs is 3. The summed E-state index contributed by atoms with van der Waals surface area (Å²) in [6.07, 6.45) is 0.811. The van der Waals surface area contributed by atoms with E-state index in [0.29, 0.717) is 19.7 Å². The third-order valence-electron chi connectivity index (χ3n) is 5.12. The first kappa shape index (κ1) is 19.7. The van der Waals surface area contributed by atoms with E-state index in [0.717, 1.165) is 44.7 Å². The van der Waals surface area contributed by atoms with Gasteiger partial charge in [-0.25, -0.2) is 14.8 Å². The van der Waals surface area contributed by atoms with Crippen LogP contribution in [0.5, 0.6) is 0 Å². The molecule has 0 saturated carbocycles. The van der Waals surface area contributed by atoms with Crippen molar-refractivity contribution in [2.24, 2.45) is 7.05 Å². The largest absolute Gasteiger partial charge is 0.465 e. The van der Waals surface area contributed by atoms with Crippen molar-refractivity contribution in [3.8, 4) is 11.3 Å². The number of hydrogen-bond acceptors (Lipinski definition) is 5. The van der Waals surface area contributed by atoms with Crippen molar-refractivity contribution in [3.05, 3.63) is 42.2 Å². The van der Waals surface area contributed by atoms with Crippen LogP contribution in [0.2, 0.25) is 0 Å². The Morgan fingerprint density at radius 3 is 2.93 bits per heavy atom. The van der Waals surface area contributed by atoms with Crippen molar-refractivity contribution in [2.75, 3.05) is 32.6 Å². The predicted octanol–water partition coefficient (Wildman–Crippen LogP) is 3.28. The molecule has 1 aromatic carbocycles. The second-order valence-electron chi connectivity index (χ2n) is 7.11. The molecule has 0 aliphatic rings. The van der Waals surface area contributed by atoms with E-state index in [1.54, 1.807) is 13.4 Å². The number of hydrogen-bond donors (Lipinski definition) is 3. The van der Waals surface area contributed by atoms with Gasteiger partial charge in [0.15, 0.2) is 5.82 Å². The summed E-state index contributed by atoms with van der Waals surface area (Å²) in [5.41, 5.74) is 5.36. The third-order valence-corrected chi connectivity index (χ3v) is 5.12. The molecular formula is C21H24N6O3. The molecule has 0 spiro atoms. The van der Waals surface area contributed by atoms with E-state index in [1.807, 2.05) is 42.9 Å². The lowest BCUT2D eigenvalue weighted by molar-refractivity contribution is 0.115. The molecule has 30 heavy (non-hydrogen) atoms. The van der Waals surface area contributed by atoms with E-state index in [1.165, 1.54) is 4.90 Å². The van der Waals surface area contributed by atoms with E-state index in [9.17, 15) is 9.90 Å². The van der Waals surface area contributed by atoms with Gasteiger partial charge in [-0.2, -0.15) is 0 Å². The number of amides is 1. The number of pyridine rings is 1. The van der Waals surface area contributed by atoms with Crippen molar-refractivity contribution >= 4 is 34.0 Å². The summed E-state index contributed by atoms with van der Waals surface area (Å²) in [6, 6.07) is 9.90. The van der Waals surface area contributed by atoms with Crippen LogP contribution in [0.25, 0.3) is 33.3 Å². The quantitative estimate of drug-likeness (QED) is 0.433. The fourth-order valence-corrected chi connectivity index (χ4v) is 3.63. The molecule has 0 bridgehead atoms. The lowest BCUT2D eigenvalue weighted by atomic mass is 10.1. The Morgan fingerprint density at radius 1 is 1.37 bits per heavy atom. The van der Waals surface area contributed by atoms with Crippen molar-refractivity contribution in [3.63, 3.8) is 0 Å². The van der Waals surface area contributed by atoms with Gasteiger partial charge in [-0.1, -0.05) is 18.2 Å². The number of carbonyl (C=O) groups is 1. The van der Waals surface area contributed by atoms with Gasteiger partial charge in [0.25, 0.3) is 0 Å². The van der Waals surface area contributed by atoms with E-state index in [-0.39, 0.29) is 0 Å². The molecule has 0 atom stereocenters. The number of anilines is 1. The van der Waals surface area contributed by atoms with Crippen LogP contribution in [-0.2, 0) is 18.3 Å². The van der Waals surface area contributed by atoms with Crippen LogP contribution in [-0.4, -0.2) is 62.9 Å². The first-order chi connectivity index (χ1) is 14.5. The summed E-state index contributed by atoms with van der Waals surface area (Å²) in [5, 5.41) is 13.5. The topological polar surface area (TPSA) is 108 Å². The molecule has 0 saturated heterocycles. The molecule has 1 amide bonds. The summed E-state index contributed by atoms with van der Waals surface area (Å²) < 4.78 is 7.00. The van der Waals surface area contributed by atoms with Gasteiger partial charge >= 0.3 is 6.09 Å². The molecule has 9 nitrogen and oxygen atoms in total. The zero-order valence-corrected chi connectivity index (χ0v) is 17.1. The highest BCUT2D eigenvalue weighted by atomic mass is 16.5. The molecule has 4 rings (SSSR count). The van der Waals surface area contributed by atoms with E-state index in [4.69, 9.17) is 4.74 Å². The normalized spacial score (nSPS) is 11.3. The minimum Gasteiger partial charge on any atom is -0.465 e. The Hall–Kier alpha value is -3.59. The number of benzene rings is 1. The van der Waals surface area contributed by atoms with E-state index < -0.39 is 6.09 Å². The maximum atomic E-state index is 11.5. The molecule has 0 unspecified atom stereocenters. The number of ether oxygens (including phenoxy) is 1. The fourth-order valence-electron chi connectivity index (χ4n) is 3.63. The molecule has 0 aliphatic heterocycles. The highest BCUT2D eigenvalue weighted by Gasteiger charge is 2.16. The van der Waals surface area contributed by atoms with Crippen LogP contribution in [0.1, 0.15) is 5.56 Å². The number of rotatable bonds is 7. The molecule has 3 heterocycles. The fraction of sp³-hybridized carbons (Fsp3) is 0.286.